The van der Waals surface area contributed by atoms with Crippen LogP contribution in [0.2, 0.25) is 0 Å². The van der Waals surface area contributed by atoms with E-state index in [1.54, 1.807) is 11.0 Å². The lowest BCUT2D eigenvalue weighted by Gasteiger charge is -2.34. The Morgan fingerprint density at radius 1 is 1.20 bits per heavy atom. The van der Waals surface area contributed by atoms with Crippen LogP contribution in [0.15, 0.2) is 18.2 Å². The maximum atomic E-state index is 13.3. The van der Waals surface area contributed by atoms with Crippen molar-refractivity contribution in [2.75, 3.05) is 38.5 Å². The van der Waals surface area contributed by atoms with Gasteiger partial charge in [0.1, 0.15) is 5.82 Å². The number of carbonyl (C=O) groups excluding carboxylic acids is 1. The summed E-state index contributed by atoms with van der Waals surface area (Å²) in [6, 6.07) is 4.03. The van der Waals surface area contributed by atoms with E-state index in [-0.39, 0.29) is 5.91 Å². The summed E-state index contributed by atoms with van der Waals surface area (Å²) in [5.41, 5.74) is 6.23. The summed E-state index contributed by atoms with van der Waals surface area (Å²) in [5.74, 6) is 0.295. The molecule has 0 atom stereocenters. The first-order valence-electron chi connectivity index (χ1n) is 7.19. The predicted molar refractivity (Wildman–Crippen MR) is 75.9 cm³/mol. The van der Waals surface area contributed by atoms with Gasteiger partial charge in [-0.25, -0.2) is 4.39 Å². The first kappa shape index (κ1) is 13.4. The van der Waals surface area contributed by atoms with Gasteiger partial charge in [0.05, 0.1) is 0 Å². The lowest BCUT2D eigenvalue weighted by atomic mass is 10.1. The molecule has 5 heteroatoms. The number of hydrogen-bond acceptors (Lipinski definition) is 3. The monoisotopic (exact) mass is 277 g/mol. The van der Waals surface area contributed by atoms with Crippen LogP contribution in [-0.4, -0.2) is 48.4 Å². The van der Waals surface area contributed by atoms with Crippen LogP contribution in [0.25, 0.3) is 0 Å². The number of nitrogens with two attached hydrogens (primary N) is 1. The number of amides is 1. The molecule has 1 aromatic rings. The zero-order chi connectivity index (χ0) is 14.1. The topological polar surface area (TPSA) is 49.6 Å². The SMILES string of the molecule is Nc1cc(F)cc(C(=O)N2CCN(CC3CC3)CC2)c1. The number of hydrogen-bond donors (Lipinski definition) is 1. The van der Waals surface area contributed by atoms with Crippen LogP contribution in [0.4, 0.5) is 10.1 Å². The molecule has 2 aliphatic rings. The highest BCUT2D eigenvalue weighted by atomic mass is 19.1. The molecule has 3 rings (SSSR count). The van der Waals surface area contributed by atoms with E-state index >= 15 is 0 Å². The van der Waals surface area contributed by atoms with E-state index in [4.69, 9.17) is 5.73 Å². The summed E-state index contributed by atoms with van der Waals surface area (Å²) >= 11 is 0. The summed E-state index contributed by atoms with van der Waals surface area (Å²) in [6.07, 6.45) is 2.70. The Labute approximate surface area is 118 Å². The maximum Gasteiger partial charge on any atom is 0.254 e. The van der Waals surface area contributed by atoms with E-state index in [0.29, 0.717) is 24.3 Å². The fraction of sp³-hybridized carbons (Fsp3) is 0.533. The van der Waals surface area contributed by atoms with Gasteiger partial charge in [0.25, 0.3) is 5.91 Å². The molecule has 108 valence electrons. The lowest BCUT2D eigenvalue weighted by molar-refractivity contribution is 0.0631. The smallest absolute Gasteiger partial charge is 0.254 e. The van der Waals surface area contributed by atoms with Crippen molar-refractivity contribution in [1.29, 1.82) is 0 Å². The molecular formula is C15H20FN3O. The molecule has 1 saturated heterocycles. The lowest BCUT2D eigenvalue weighted by Crippen LogP contribution is -2.49. The van der Waals surface area contributed by atoms with Crippen molar-refractivity contribution < 1.29 is 9.18 Å². The number of carbonyl (C=O) groups is 1. The maximum absolute atomic E-state index is 13.3. The van der Waals surface area contributed by atoms with Crippen LogP contribution in [0.1, 0.15) is 23.2 Å². The van der Waals surface area contributed by atoms with Crippen molar-refractivity contribution in [1.82, 2.24) is 9.80 Å². The molecule has 0 radical (unpaired) electrons. The fourth-order valence-electron chi connectivity index (χ4n) is 2.72. The quantitative estimate of drug-likeness (QED) is 0.853. The van der Waals surface area contributed by atoms with E-state index in [1.807, 2.05) is 0 Å². The average molecular weight is 277 g/mol. The largest absolute Gasteiger partial charge is 0.399 e. The van der Waals surface area contributed by atoms with Gasteiger partial charge in [-0.15, -0.1) is 0 Å². The third-order valence-corrected chi connectivity index (χ3v) is 4.04. The molecule has 1 amide bonds. The second-order valence-electron chi connectivity index (χ2n) is 5.81. The van der Waals surface area contributed by atoms with Crippen molar-refractivity contribution in [3.05, 3.63) is 29.6 Å². The van der Waals surface area contributed by atoms with Crippen molar-refractivity contribution in [2.45, 2.75) is 12.8 Å². The van der Waals surface area contributed by atoms with Gasteiger partial charge in [-0.2, -0.15) is 0 Å². The molecule has 1 saturated carbocycles. The summed E-state index contributed by atoms with van der Waals surface area (Å²) in [7, 11) is 0. The van der Waals surface area contributed by atoms with Crippen LogP contribution >= 0.6 is 0 Å². The van der Waals surface area contributed by atoms with Crippen molar-refractivity contribution in [2.24, 2.45) is 5.92 Å². The number of halogens is 1. The van der Waals surface area contributed by atoms with E-state index in [1.165, 1.54) is 25.0 Å². The van der Waals surface area contributed by atoms with Crippen LogP contribution in [0.5, 0.6) is 0 Å². The molecule has 20 heavy (non-hydrogen) atoms. The third-order valence-electron chi connectivity index (χ3n) is 4.04. The highest BCUT2D eigenvalue weighted by Gasteiger charge is 2.28. The number of rotatable bonds is 3. The molecule has 2 fully saturated rings. The van der Waals surface area contributed by atoms with Crippen LogP contribution in [-0.2, 0) is 0 Å². The van der Waals surface area contributed by atoms with Gasteiger partial charge in [0, 0.05) is 44.0 Å². The van der Waals surface area contributed by atoms with E-state index < -0.39 is 5.82 Å². The van der Waals surface area contributed by atoms with E-state index in [9.17, 15) is 9.18 Å². The summed E-state index contributed by atoms with van der Waals surface area (Å²) in [5, 5.41) is 0. The number of anilines is 1. The second-order valence-corrected chi connectivity index (χ2v) is 5.81. The van der Waals surface area contributed by atoms with Crippen LogP contribution in [0.3, 0.4) is 0 Å². The molecule has 4 nitrogen and oxygen atoms in total. The summed E-state index contributed by atoms with van der Waals surface area (Å²) < 4.78 is 13.3. The molecule has 1 aliphatic carbocycles. The molecule has 2 N–H and O–H groups in total. The molecule has 0 spiro atoms. The van der Waals surface area contributed by atoms with Gasteiger partial charge >= 0.3 is 0 Å². The van der Waals surface area contributed by atoms with Crippen LogP contribution in [0, 0.1) is 11.7 Å². The summed E-state index contributed by atoms with van der Waals surface area (Å²) in [4.78, 5) is 16.5. The highest BCUT2D eigenvalue weighted by Crippen LogP contribution is 2.30. The molecular weight excluding hydrogens is 257 g/mol. The Kier molecular flexibility index (Phi) is 3.61. The Morgan fingerprint density at radius 2 is 1.90 bits per heavy atom. The number of nitrogen functional groups attached to an aromatic ring is 1. The van der Waals surface area contributed by atoms with Gasteiger partial charge in [0.2, 0.25) is 0 Å². The van der Waals surface area contributed by atoms with Crippen molar-refractivity contribution in [3.63, 3.8) is 0 Å². The van der Waals surface area contributed by atoms with E-state index in [0.717, 1.165) is 25.6 Å². The summed E-state index contributed by atoms with van der Waals surface area (Å²) in [6.45, 7) is 4.40. The minimum Gasteiger partial charge on any atom is -0.399 e. The van der Waals surface area contributed by atoms with Gasteiger partial charge in [-0.1, -0.05) is 0 Å². The third kappa shape index (κ3) is 3.10. The highest BCUT2D eigenvalue weighted by molar-refractivity contribution is 5.95. The van der Waals surface area contributed by atoms with Crippen molar-refractivity contribution >= 4 is 11.6 Å². The number of nitrogens with zero attached hydrogens (tertiary/aromatic N) is 2. The second kappa shape index (κ2) is 5.40. The van der Waals surface area contributed by atoms with Gasteiger partial charge < -0.3 is 10.6 Å². The number of piperazine rings is 1. The Morgan fingerprint density at radius 3 is 2.50 bits per heavy atom. The minimum atomic E-state index is -0.458. The first-order chi connectivity index (χ1) is 9.61. The molecule has 1 aromatic carbocycles. The fourth-order valence-corrected chi connectivity index (χ4v) is 2.72. The Bertz CT molecular complexity index is 488. The average Bonchev–Trinajstić information content (AvgIpc) is 3.22. The Hall–Kier alpha value is -1.62. The van der Waals surface area contributed by atoms with Gasteiger partial charge in [0.15, 0.2) is 0 Å². The Balaban J connectivity index is 1.60. The minimum absolute atomic E-state index is 0.123. The zero-order valence-corrected chi connectivity index (χ0v) is 11.5. The van der Waals surface area contributed by atoms with E-state index in [2.05, 4.69) is 4.90 Å². The van der Waals surface area contributed by atoms with Crippen LogP contribution < -0.4 is 5.73 Å². The molecule has 0 aromatic heterocycles. The standard InChI is InChI=1S/C15H20FN3O/c16-13-7-12(8-14(17)9-13)15(20)19-5-3-18(4-6-19)10-11-1-2-11/h7-9,11H,1-6,10,17H2. The number of benzene rings is 1. The molecule has 0 unspecified atom stereocenters. The normalized spacial score (nSPS) is 20.1. The predicted octanol–water partition coefficient (Wildman–Crippen LogP) is 1.58. The zero-order valence-electron chi connectivity index (χ0n) is 11.5. The van der Waals surface area contributed by atoms with Gasteiger partial charge in [-0.05, 0) is 37.0 Å². The molecule has 1 aliphatic heterocycles. The first-order valence-corrected chi connectivity index (χ1v) is 7.19. The molecule has 1 heterocycles. The molecule has 0 bridgehead atoms. The van der Waals surface area contributed by atoms with Crippen molar-refractivity contribution in [3.8, 4) is 0 Å². The van der Waals surface area contributed by atoms with Gasteiger partial charge in [-0.3, -0.25) is 9.69 Å².